The Hall–Kier alpha value is -3.28. The average Bonchev–Trinajstić information content (AvgIpc) is 2.66. The predicted molar refractivity (Wildman–Crippen MR) is 93.3 cm³/mol. The molecule has 0 fully saturated rings. The number of hydrogen-bond acceptors (Lipinski definition) is 5. The Kier molecular flexibility index (Phi) is 4.99. The first-order valence-electron chi connectivity index (χ1n) is 7.75. The van der Waals surface area contributed by atoms with Gasteiger partial charge in [0.15, 0.2) is 11.5 Å². The van der Waals surface area contributed by atoms with Gasteiger partial charge in [-0.05, 0) is 24.3 Å². The SMILES string of the molecule is COc1ccccc1OCCNC(=O)c1coc2ccccc2c1=O. The maximum Gasteiger partial charge on any atom is 0.258 e. The molecule has 3 aromatic rings. The minimum absolute atomic E-state index is 0.0315. The number of carbonyl (C=O) groups is 1. The van der Waals surface area contributed by atoms with Crippen LogP contribution >= 0.6 is 0 Å². The van der Waals surface area contributed by atoms with Gasteiger partial charge < -0.3 is 19.2 Å². The van der Waals surface area contributed by atoms with Crippen molar-refractivity contribution in [1.29, 1.82) is 0 Å². The number of hydrogen-bond donors (Lipinski definition) is 1. The van der Waals surface area contributed by atoms with E-state index in [4.69, 9.17) is 13.9 Å². The van der Waals surface area contributed by atoms with E-state index in [-0.39, 0.29) is 24.1 Å². The van der Waals surface area contributed by atoms with Gasteiger partial charge in [0.1, 0.15) is 24.0 Å². The quantitative estimate of drug-likeness (QED) is 0.699. The molecule has 25 heavy (non-hydrogen) atoms. The minimum Gasteiger partial charge on any atom is -0.493 e. The number of carbonyl (C=O) groups excluding carboxylic acids is 1. The van der Waals surface area contributed by atoms with Gasteiger partial charge in [-0.15, -0.1) is 0 Å². The molecule has 6 nitrogen and oxygen atoms in total. The maximum atomic E-state index is 12.3. The first-order chi connectivity index (χ1) is 12.2. The maximum absolute atomic E-state index is 12.3. The van der Waals surface area contributed by atoms with E-state index in [1.165, 1.54) is 6.26 Å². The van der Waals surface area contributed by atoms with Crippen molar-refractivity contribution < 1.29 is 18.7 Å². The molecule has 0 bridgehead atoms. The average molecular weight is 339 g/mol. The lowest BCUT2D eigenvalue weighted by Crippen LogP contribution is -2.31. The number of amides is 1. The van der Waals surface area contributed by atoms with Crippen LogP contribution in [0, 0.1) is 0 Å². The Morgan fingerprint density at radius 2 is 1.80 bits per heavy atom. The third-order valence-corrected chi connectivity index (χ3v) is 3.64. The highest BCUT2D eigenvalue weighted by molar-refractivity contribution is 5.96. The summed E-state index contributed by atoms with van der Waals surface area (Å²) in [6.45, 7) is 0.480. The number of rotatable bonds is 6. The lowest BCUT2D eigenvalue weighted by Gasteiger charge is -2.10. The topological polar surface area (TPSA) is 77.8 Å². The molecular weight excluding hydrogens is 322 g/mol. The van der Waals surface area contributed by atoms with Gasteiger partial charge in [-0.2, -0.15) is 0 Å². The summed E-state index contributed by atoms with van der Waals surface area (Å²) in [4.78, 5) is 24.5. The Labute approximate surface area is 144 Å². The molecule has 0 unspecified atom stereocenters. The van der Waals surface area contributed by atoms with Crippen LogP contribution in [0.1, 0.15) is 10.4 Å². The van der Waals surface area contributed by atoms with E-state index >= 15 is 0 Å². The number of ether oxygens (including phenoxy) is 2. The van der Waals surface area contributed by atoms with Crippen molar-refractivity contribution in [3.05, 3.63) is 70.6 Å². The van der Waals surface area contributed by atoms with E-state index < -0.39 is 5.91 Å². The molecule has 0 atom stereocenters. The van der Waals surface area contributed by atoms with Gasteiger partial charge in [-0.25, -0.2) is 0 Å². The van der Waals surface area contributed by atoms with Crippen molar-refractivity contribution in [2.75, 3.05) is 20.3 Å². The number of para-hydroxylation sites is 3. The molecule has 1 N–H and O–H groups in total. The molecule has 128 valence electrons. The fourth-order valence-electron chi connectivity index (χ4n) is 2.39. The molecule has 1 amide bonds. The zero-order valence-corrected chi connectivity index (χ0v) is 13.7. The van der Waals surface area contributed by atoms with Crippen molar-refractivity contribution in [2.45, 2.75) is 0 Å². The van der Waals surface area contributed by atoms with E-state index in [1.54, 1.807) is 43.5 Å². The van der Waals surface area contributed by atoms with Crippen LogP contribution in [-0.4, -0.2) is 26.2 Å². The molecule has 1 aromatic heterocycles. The van der Waals surface area contributed by atoms with Gasteiger partial charge >= 0.3 is 0 Å². The molecule has 0 radical (unpaired) electrons. The Bertz CT molecular complexity index is 948. The summed E-state index contributed by atoms with van der Waals surface area (Å²) in [6.07, 6.45) is 1.18. The Morgan fingerprint density at radius 3 is 2.60 bits per heavy atom. The summed E-state index contributed by atoms with van der Waals surface area (Å²) in [6, 6.07) is 14.0. The van der Waals surface area contributed by atoms with Crippen LogP contribution in [0.25, 0.3) is 11.0 Å². The van der Waals surface area contributed by atoms with Gasteiger partial charge in [0.25, 0.3) is 5.91 Å². The third kappa shape index (κ3) is 3.63. The number of methoxy groups -OCH3 is 1. The zero-order valence-electron chi connectivity index (χ0n) is 13.7. The molecule has 2 aromatic carbocycles. The Morgan fingerprint density at radius 1 is 1.08 bits per heavy atom. The van der Waals surface area contributed by atoms with Crippen LogP contribution in [0.15, 0.2) is 64.0 Å². The smallest absolute Gasteiger partial charge is 0.258 e. The fourth-order valence-corrected chi connectivity index (χ4v) is 2.39. The summed E-state index contributed by atoms with van der Waals surface area (Å²) in [5.41, 5.74) is 0.0598. The summed E-state index contributed by atoms with van der Waals surface area (Å²) >= 11 is 0. The van der Waals surface area contributed by atoms with Crippen molar-refractivity contribution in [3.63, 3.8) is 0 Å². The molecule has 6 heteroatoms. The van der Waals surface area contributed by atoms with E-state index in [2.05, 4.69) is 5.32 Å². The monoisotopic (exact) mass is 339 g/mol. The molecule has 0 saturated heterocycles. The van der Waals surface area contributed by atoms with Crippen LogP contribution in [0.4, 0.5) is 0 Å². The van der Waals surface area contributed by atoms with E-state index in [1.807, 2.05) is 12.1 Å². The van der Waals surface area contributed by atoms with Gasteiger partial charge in [0.2, 0.25) is 5.43 Å². The van der Waals surface area contributed by atoms with Gasteiger partial charge in [0.05, 0.1) is 19.0 Å². The first-order valence-corrected chi connectivity index (χ1v) is 7.75. The molecule has 3 rings (SSSR count). The van der Waals surface area contributed by atoms with Crippen molar-refractivity contribution >= 4 is 16.9 Å². The second-order valence-electron chi connectivity index (χ2n) is 5.23. The van der Waals surface area contributed by atoms with Crippen molar-refractivity contribution in [1.82, 2.24) is 5.32 Å². The number of nitrogens with one attached hydrogen (secondary N) is 1. The molecule has 0 aliphatic carbocycles. The first kappa shape index (κ1) is 16.6. The van der Waals surface area contributed by atoms with Crippen LogP contribution < -0.4 is 20.2 Å². The number of benzene rings is 2. The zero-order chi connectivity index (χ0) is 17.6. The van der Waals surface area contributed by atoms with Gasteiger partial charge in [0, 0.05) is 0 Å². The normalized spacial score (nSPS) is 10.4. The highest BCUT2D eigenvalue weighted by Gasteiger charge is 2.13. The summed E-state index contributed by atoms with van der Waals surface area (Å²) < 4.78 is 16.1. The van der Waals surface area contributed by atoms with E-state index in [9.17, 15) is 9.59 Å². The molecule has 0 spiro atoms. The lowest BCUT2D eigenvalue weighted by atomic mass is 10.1. The predicted octanol–water partition coefficient (Wildman–Crippen LogP) is 2.61. The molecule has 0 aliphatic heterocycles. The highest BCUT2D eigenvalue weighted by atomic mass is 16.5. The van der Waals surface area contributed by atoms with E-state index in [0.717, 1.165) is 0 Å². The molecule has 0 saturated carbocycles. The van der Waals surface area contributed by atoms with Crippen LogP contribution in [0.2, 0.25) is 0 Å². The van der Waals surface area contributed by atoms with Crippen molar-refractivity contribution in [3.8, 4) is 11.5 Å². The van der Waals surface area contributed by atoms with Crippen LogP contribution in [0.3, 0.4) is 0 Å². The molecule has 0 aliphatic rings. The molecule has 1 heterocycles. The highest BCUT2D eigenvalue weighted by Crippen LogP contribution is 2.25. The largest absolute Gasteiger partial charge is 0.493 e. The van der Waals surface area contributed by atoms with E-state index in [0.29, 0.717) is 22.5 Å². The third-order valence-electron chi connectivity index (χ3n) is 3.64. The summed E-state index contributed by atoms with van der Waals surface area (Å²) in [7, 11) is 1.56. The van der Waals surface area contributed by atoms with Crippen molar-refractivity contribution in [2.24, 2.45) is 0 Å². The molecular formula is C19H17NO5. The number of fused-ring (bicyclic) bond motifs is 1. The van der Waals surface area contributed by atoms with Gasteiger partial charge in [-0.3, -0.25) is 9.59 Å². The summed E-state index contributed by atoms with van der Waals surface area (Å²) in [5, 5.41) is 3.02. The van der Waals surface area contributed by atoms with Gasteiger partial charge in [-0.1, -0.05) is 24.3 Å². The Balaban J connectivity index is 1.62. The lowest BCUT2D eigenvalue weighted by molar-refractivity contribution is 0.0944. The summed E-state index contributed by atoms with van der Waals surface area (Å²) in [5.74, 6) is 0.705. The standard InChI is InChI=1S/C19H17NO5/c1-23-16-8-4-5-9-17(16)24-11-10-20-19(22)14-12-25-15-7-3-2-6-13(15)18(14)21/h2-9,12H,10-11H2,1H3,(H,20,22). The fraction of sp³-hybridized carbons (Fsp3) is 0.158. The second-order valence-corrected chi connectivity index (χ2v) is 5.23. The minimum atomic E-state index is -0.497. The van der Waals surface area contributed by atoms with Crippen LogP contribution in [-0.2, 0) is 0 Å². The van der Waals surface area contributed by atoms with Crippen LogP contribution in [0.5, 0.6) is 11.5 Å². The second kappa shape index (κ2) is 7.53.